The molecule has 1 atom stereocenters. The molecule has 2 amide bonds. The number of amides is 2. The highest BCUT2D eigenvalue weighted by atomic mass is 19.1. The molecule has 1 aliphatic carbocycles. The van der Waals surface area contributed by atoms with Gasteiger partial charge >= 0.3 is 0 Å². The number of rotatable bonds is 3. The zero-order valence-corrected chi connectivity index (χ0v) is 14.1. The van der Waals surface area contributed by atoms with Crippen LogP contribution in [0.4, 0.5) is 4.39 Å². The fourth-order valence-corrected chi connectivity index (χ4v) is 3.76. The van der Waals surface area contributed by atoms with Crippen LogP contribution in [0.15, 0.2) is 0 Å². The lowest BCUT2D eigenvalue weighted by Gasteiger charge is -2.43. The predicted octanol–water partition coefficient (Wildman–Crippen LogP) is 1.80. The van der Waals surface area contributed by atoms with Crippen LogP contribution in [0, 0.1) is 5.92 Å². The van der Waals surface area contributed by atoms with Crippen LogP contribution < -0.4 is 5.32 Å². The summed E-state index contributed by atoms with van der Waals surface area (Å²) in [4.78, 5) is 25.7. The number of ether oxygens (including phenoxy) is 1. The van der Waals surface area contributed by atoms with Crippen molar-refractivity contribution in [2.75, 3.05) is 19.7 Å². The third-order valence-corrected chi connectivity index (χ3v) is 5.57. The fourth-order valence-electron chi connectivity index (χ4n) is 3.76. The number of carbonyl (C=O) groups is 2. The van der Waals surface area contributed by atoms with Gasteiger partial charge in [0.1, 0.15) is 0 Å². The Kier molecular flexibility index (Phi) is 4.38. The van der Waals surface area contributed by atoms with E-state index in [0.717, 1.165) is 25.7 Å². The Balaban J connectivity index is 1.51. The summed E-state index contributed by atoms with van der Waals surface area (Å²) in [6, 6.07) is 0.0475. The molecule has 2 saturated heterocycles. The summed E-state index contributed by atoms with van der Waals surface area (Å²) in [5, 5.41) is 3.02. The van der Waals surface area contributed by atoms with Gasteiger partial charge in [-0.2, -0.15) is 0 Å². The van der Waals surface area contributed by atoms with E-state index in [9.17, 15) is 14.0 Å². The SMILES string of the molecule is CC(C)C(=O)NC1COC2(CCN(C(=O)C3(F)CCC3)CC2)C1. The van der Waals surface area contributed by atoms with E-state index in [-0.39, 0.29) is 29.4 Å². The number of alkyl halides is 1. The highest BCUT2D eigenvalue weighted by molar-refractivity contribution is 5.86. The Morgan fingerprint density at radius 1 is 1.22 bits per heavy atom. The zero-order chi connectivity index (χ0) is 16.7. The van der Waals surface area contributed by atoms with E-state index in [1.165, 1.54) is 0 Å². The van der Waals surface area contributed by atoms with E-state index < -0.39 is 5.67 Å². The molecule has 5 nitrogen and oxygen atoms in total. The van der Waals surface area contributed by atoms with Crippen molar-refractivity contribution in [3.8, 4) is 0 Å². The first kappa shape index (κ1) is 16.7. The van der Waals surface area contributed by atoms with Crippen molar-refractivity contribution in [2.45, 2.75) is 69.7 Å². The molecule has 2 heterocycles. The molecule has 0 aromatic rings. The number of likely N-dealkylation sites (tertiary alicyclic amines) is 1. The number of piperidine rings is 1. The van der Waals surface area contributed by atoms with Gasteiger partial charge in [-0.25, -0.2) is 4.39 Å². The molecule has 130 valence electrons. The van der Waals surface area contributed by atoms with Gasteiger partial charge < -0.3 is 15.0 Å². The second-order valence-electron chi connectivity index (χ2n) is 7.67. The van der Waals surface area contributed by atoms with Crippen molar-refractivity contribution in [1.29, 1.82) is 0 Å². The maximum atomic E-state index is 14.3. The lowest BCUT2D eigenvalue weighted by atomic mass is 9.79. The minimum atomic E-state index is -1.60. The second kappa shape index (κ2) is 6.04. The van der Waals surface area contributed by atoms with E-state index in [2.05, 4.69) is 5.32 Å². The van der Waals surface area contributed by atoms with Crippen molar-refractivity contribution in [3.05, 3.63) is 0 Å². The first-order chi connectivity index (χ1) is 10.8. The minimum Gasteiger partial charge on any atom is -0.373 e. The van der Waals surface area contributed by atoms with Crippen LogP contribution in [-0.4, -0.2) is 53.7 Å². The van der Waals surface area contributed by atoms with Gasteiger partial charge in [-0.1, -0.05) is 13.8 Å². The first-order valence-corrected chi connectivity index (χ1v) is 8.76. The molecule has 1 unspecified atom stereocenters. The number of nitrogens with zero attached hydrogens (tertiary/aromatic N) is 1. The second-order valence-corrected chi connectivity index (χ2v) is 7.67. The lowest BCUT2D eigenvalue weighted by Crippen LogP contribution is -2.55. The van der Waals surface area contributed by atoms with Gasteiger partial charge in [-0.3, -0.25) is 9.59 Å². The van der Waals surface area contributed by atoms with E-state index in [4.69, 9.17) is 4.74 Å². The van der Waals surface area contributed by atoms with Crippen LogP contribution in [0.2, 0.25) is 0 Å². The molecule has 0 radical (unpaired) electrons. The third kappa shape index (κ3) is 3.23. The summed E-state index contributed by atoms with van der Waals surface area (Å²) in [5.41, 5.74) is -1.86. The Bertz CT molecular complexity index is 482. The molecule has 6 heteroatoms. The van der Waals surface area contributed by atoms with Crippen molar-refractivity contribution in [2.24, 2.45) is 5.92 Å². The average molecular weight is 326 g/mol. The number of nitrogens with one attached hydrogen (secondary N) is 1. The van der Waals surface area contributed by atoms with Gasteiger partial charge in [0.05, 0.1) is 18.2 Å². The van der Waals surface area contributed by atoms with Crippen LogP contribution >= 0.6 is 0 Å². The van der Waals surface area contributed by atoms with Crippen molar-refractivity contribution < 1.29 is 18.7 Å². The molecule has 0 aromatic heterocycles. The zero-order valence-electron chi connectivity index (χ0n) is 14.1. The number of hydrogen-bond donors (Lipinski definition) is 1. The van der Waals surface area contributed by atoms with Crippen molar-refractivity contribution >= 4 is 11.8 Å². The normalized spacial score (nSPS) is 28.7. The molecule has 3 aliphatic rings. The van der Waals surface area contributed by atoms with Gasteiger partial charge in [0.15, 0.2) is 5.67 Å². The Morgan fingerprint density at radius 2 is 1.87 bits per heavy atom. The summed E-state index contributed by atoms with van der Waals surface area (Å²) in [7, 11) is 0. The standard InChI is InChI=1S/C17H27FN2O3/c1-12(2)14(21)19-13-10-16(23-11-13)6-8-20(9-7-16)15(22)17(18)4-3-5-17/h12-13H,3-11H2,1-2H3,(H,19,21). The lowest BCUT2D eigenvalue weighted by molar-refractivity contribution is -0.154. The molecule has 1 N–H and O–H groups in total. The van der Waals surface area contributed by atoms with Gasteiger partial charge in [0.25, 0.3) is 5.91 Å². The summed E-state index contributed by atoms with van der Waals surface area (Å²) < 4.78 is 20.2. The Labute approximate surface area is 136 Å². The number of hydrogen-bond acceptors (Lipinski definition) is 3. The summed E-state index contributed by atoms with van der Waals surface area (Å²) in [6.07, 6.45) is 3.78. The van der Waals surface area contributed by atoms with Crippen LogP contribution in [0.5, 0.6) is 0 Å². The van der Waals surface area contributed by atoms with E-state index in [1.807, 2.05) is 13.8 Å². The van der Waals surface area contributed by atoms with Crippen LogP contribution in [0.3, 0.4) is 0 Å². The molecule has 1 spiro atoms. The van der Waals surface area contributed by atoms with Crippen LogP contribution in [-0.2, 0) is 14.3 Å². The molecule has 2 aliphatic heterocycles. The molecule has 3 fully saturated rings. The highest BCUT2D eigenvalue weighted by Gasteiger charge is 2.50. The quantitative estimate of drug-likeness (QED) is 0.860. The highest BCUT2D eigenvalue weighted by Crippen LogP contribution is 2.40. The van der Waals surface area contributed by atoms with E-state index in [0.29, 0.717) is 32.5 Å². The summed E-state index contributed by atoms with van der Waals surface area (Å²) in [5.74, 6) is -0.317. The molecule has 0 aromatic carbocycles. The number of halogens is 1. The molecule has 23 heavy (non-hydrogen) atoms. The molecule has 0 bridgehead atoms. The topological polar surface area (TPSA) is 58.6 Å². The van der Waals surface area contributed by atoms with E-state index in [1.54, 1.807) is 4.90 Å². The van der Waals surface area contributed by atoms with Gasteiger partial charge in [-0.05, 0) is 38.5 Å². The first-order valence-electron chi connectivity index (χ1n) is 8.76. The smallest absolute Gasteiger partial charge is 0.260 e. The Morgan fingerprint density at radius 3 is 2.39 bits per heavy atom. The Hall–Kier alpha value is -1.17. The maximum absolute atomic E-state index is 14.3. The summed E-state index contributed by atoms with van der Waals surface area (Å²) >= 11 is 0. The van der Waals surface area contributed by atoms with Crippen molar-refractivity contribution in [3.63, 3.8) is 0 Å². The van der Waals surface area contributed by atoms with Crippen LogP contribution in [0.1, 0.15) is 52.4 Å². The van der Waals surface area contributed by atoms with Crippen molar-refractivity contribution in [1.82, 2.24) is 10.2 Å². The minimum absolute atomic E-state index is 0.0331. The number of carbonyl (C=O) groups excluding carboxylic acids is 2. The third-order valence-electron chi connectivity index (χ3n) is 5.57. The molecular formula is C17H27FN2O3. The maximum Gasteiger partial charge on any atom is 0.260 e. The largest absolute Gasteiger partial charge is 0.373 e. The van der Waals surface area contributed by atoms with Gasteiger partial charge in [-0.15, -0.1) is 0 Å². The molecule has 1 saturated carbocycles. The molecular weight excluding hydrogens is 299 g/mol. The average Bonchev–Trinajstić information content (AvgIpc) is 2.87. The predicted molar refractivity (Wildman–Crippen MR) is 83.6 cm³/mol. The monoisotopic (exact) mass is 326 g/mol. The molecule has 3 rings (SSSR count). The van der Waals surface area contributed by atoms with E-state index >= 15 is 0 Å². The van der Waals surface area contributed by atoms with Gasteiger partial charge in [0.2, 0.25) is 5.91 Å². The summed E-state index contributed by atoms with van der Waals surface area (Å²) in [6.45, 7) is 5.38. The van der Waals surface area contributed by atoms with Crippen LogP contribution in [0.25, 0.3) is 0 Å². The van der Waals surface area contributed by atoms with Gasteiger partial charge in [0, 0.05) is 19.0 Å². The fraction of sp³-hybridized carbons (Fsp3) is 0.882.